The van der Waals surface area contributed by atoms with Gasteiger partial charge in [-0.15, -0.1) is 10.2 Å². The van der Waals surface area contributed by atoms with Crippen molar-refractivity contribution in [3.8, 4) is 22.3 Å². The van der Waals surface area contributed by atoms with Crippen molar-refractivity contribution >= 4 is 46.4 Å². The van der Waals surface area contributed by atoms with Gasteiger partial charge in [-0.25, -0.2) is 9.03 Å². The lowest BCUT2D eigenvalue weighted by atomic mass is 10.0. The third kappa shape index (κ3) is 7.92. The van der Waals surface area contributed by atoms with Crippen molar-refractivity contribution in [1.82, 2.24) is 39.8 Å². The Bertz CT molecular complexity index is 2350. The third-order valence-corrected chi connectivity index (χ3v) is 8.87. The predicted octanol–water partition coefficient (Wildman–Crippen LogP) is 7.31. The van der Waals surface area contributed by atoms with Crippen LogP contribution < -0.4 is 21.3 Å². The summed E-state index contributed by atoms with van der Waals surface area (Å²) in [6, 6.07) is 43.4. The number of nitrogens with one attached hydrogen (secondary N) is 4. The number of nitrogens with zero attached hydrogens (tertiary/aromatic N) is 6. The number of anilines is 4. The van der Waals surface area contributed by atoms with Gasteiger partial charge in [-0.2, -0.15) is 9.97 Å². The van der Waals surface area contributed by atoms with Crippen LogP contribution in [-0.4, -0.2) is 41.0 Å². The molecule has 54 heavy (non-hydrogen) atoms. The van der Waals surface area contributed by atoms with Crippen molar-refractivity contribution in [3.05, 3.63) is 157 Å². The highest BCUT2D eigenvalue weighted by Crippen LogP contribution is 2.27. The first kappa shape index (κ1) is 33.8. The van der Waals surface area contributed by atoms with Crippen LogP contribution in [0.4, 0.5) is 23.3 Å². The second kappa shape index (κ2) is 15.5. The molecule has 266 valence electrons. The molecule has 12 nitrogen and oxygen atoms in total. The van der Waals surface area contributed by atoms with E-state index in [1.165, 1.54) is 0 Å². The minimum absolute atomic E-state index is 0.0978. The van der Waals surface area contributed by atoms with E-state index < -0.39 is 0 Å². The van der Waals surface area contributed by atoms with Crippen LogP contribution in [0.5, 0.6) is 0 Å². The van der Waals surface area contributed by atoms with Gasteiger partial charge in [-0.05, 0) is 70.8 Å². The van der Waals surface area contributed by atoms with Crippen LogP contribution in [0.1, 0.15) is 24.0 Å². The molecular weight excluding hydrogens is 677 g/mol. The number of hydrogen-bond donors (Lipinski definition) is 4. The Labute approximate surface area is 310 Å². The highest BCUT2D eigenvalue weighted by atomic mass is 16.2. The van der Waals surface area contributed by atoms with E-state index in [4.69, 9.17) is 9.97 Å². The van der Waals surface area contributed by atoms with Crippen LogP contribution in [0.25, 0.3) is 33.5 Å². The first-order valence-corrected chi connectivity index (χ1v) is 17.6. The smallest absolute Gasteiger partial charge is 0.247 e. The molecule has 4 heterocycles. The summed E-state index contributed by atoms with van der Waals surface area (Å²) in [4.78, 5) is 34.6. The van der Waals surface area contributed by atoms with Gasteiger partial charge in [-0.1, -0.05) is 84.9 Å². The Kier molecular flexibility index (Phi) is 9.70. The Morgan fingerprint density at radius 1 is 0.481 bits per heavy atom. The molecule has 12 heteroatoms. The molecule has 0 bridgehead atoms. The monoisotopic (exact) mass is 712 g/mol. The van der Waals surface area contributed by atoms with Crippen molar-refractivity contribution < 1.29 is 9.59 Å². The minimum Gasteiger partial charge on any atom is -0.352 e. The van der Waals surface area contributed by atoms with Crippen molar-refractivity contribution in [2.75, 3.05) is 10.6 Å². The molecule has 0 saturated heterocycles. The quantitative estimate of drug-likeness (QED) is 0.0976. The number of benzene rings is 4. The van der Waals surface area contributed by atoms with E-state index in [1.807, 2.05) is 146 Å². The second-order valence-electron chi connectivity index (χ2n) is 12.7. The molecule has 2 amide bonds. The standard InChI is InChI=1S/C42H36N10O2/c53-37(43-27-29-15-19-31(20-16-29)35-13-7-25-51-39(35)47-41(49-51)45-33-9-3-1-4-10-33)23-24-38(54)44-28-30-17-21-32(22-18-30)36-14-8-26-52-40(36)48-42(50-52)46-34-11-5-2-6-12-34/h1-22,25-26H,23-24,27-28H2,(H,43,53)(H,44,54)(H,45,49)(H,46,50). The van der Waals surface area contributed by atoms with E-state index in [0.717, 1.165) is 56.0 Å². The van der Waals surface area contributed by atoms with Crippen LogP contribution in [0.2, 0.25) is 0 Å². The zero-order valence-corrected chi connectivity index (χ0v) is 29.2. The number of carbonyl (C=O) groups is 2. The lowest BCUT2D eigenvalue weighted by Gasteiger charge is -2.09. The van der Waals surface area contributed by atoms with E-state index in [0.29, 0.717) is 25.0 Å². The Morgan fingerprint density at radius 2 is 0.889 bits per heavy atom. The first-order chi connectivity index (χ1) is 26.5. The average Bonchev–Trinajstić information content (AvgIpc) is 3.83. The number of carbonyl (C=O) groups excluding carboxylic acids is 2. The number of fused-ring (bicyclic) bond motifs is 2. The largest absolute Gasteiger partial charge is 0.352 e. The van der Waals surface area contributed by atoms with Crippen molar-refractivity contribution in [1.29, 1.82) is 0 Å². The second-order valence-corrected chi connectivity index (χ2v) is 12.7. The molecular formula is C42H36N10O2. The molecule has 0 aliphatic heterocycles. The van der Waals surface area contributed by atoms with Gasteiger partial charge < -0.3 is 21.3 Å². The number of pyridine rings is 2. The molecule has 8 aromatic rings. The molecule has 8 rings (SSSR count). The fourth-order valence-corrected chi connectivity index (χ4v) is 6.08. The molecule has 0 unspecified atom stereocenters. The van der Waals surface area contributed by atoms with Gasteiger partial charge in [0, 0.05) is 60.8 Å². The van der Waals surface area contributed by atoms with Gasteiger partial charge in [0.1, 0.15) is 0 Å². The molecule has 4 aromatic heterocycles. The van der Waals surface area contributed by atoms with E-state index >= 15 is 0 Å². The summed E-state index contributed by atoms with van der Waals surface area (Å²) in [5.41, 5.74) is 9.05. The summed E-state index contributed by atoms with van der Waals surface area (Å²) in [7, 11) is 0. The molecule has 0 fully saturated rings. The average molecular weight is 713 g/mol. The summed E-state index contributed by atoms with van der Waals surface area (Å²) in [5, 5.41) is 21.5. The van der Waals surface area contributed by atoms with E-state index in [1.54, 1.807) is 9.03 Å². The van der Waals surface area contributed by atoms with E-state index in [9.17, 15) is 9.59 Å². The normalized spacial score (nSPS) is 11.0. The fraction of sp³-hybridized carbons (Fsp3) is 0.0952. The van der Waals surface area contributed by atoms with Crippen LogP contribution in [0, 0.1) is 0 Å². The van der Waals surface area contributed by atoms with Crippen LogP contribution in [0.15, 0.2) is 146 Å². The van der Waals surface area contributed by atoms with Gasteiger partial charge in [0.25, 0.3) is 0 Å². The molecule has 0 aliphatic carbocycles. The molecule has 0 spiro atoms. The molecule has 4 aromatic carbocycles. The maximum atomic E-state index is 12.6. The lowest BCUT2D eigenvalue weighted by molar-refractivity contribution is -0.126. The fourth-order valence-electron chi connectivity index (χ4n) is 6.08. The van der Waals surface area contributed by atoms with Gasteiger partial charge in [-0.3, -0.25) is 9.59 Å². The Morgan fingerprint density at radius 3 is 1.30 bits per heavy atom. The zero-order chi connectivity index (χ0) is 36.7. The highest BCUT2D eigenvalue weighted by Gasteiger charge is 2.13. The van der Waals surface area contributed by atoms with Crippen LogP contribution >= 0.6 is 0 Å². The van der Waals surface area contributed by atoms with Gasteiger partial charge in [0.15, 0.2) is 11.3 Å². The maximum Gasteiger partial charge on any atom is 0.247 e. The number of hydrogen-bond acceptors (Lipinski definition) is 8. The topological polar surface area (TPSA) is 143 Å². The van der Waals surface area contributed by atoms with Crippen molar-refractivity contribution in [3.63, 3.8) is 0 Å². The Hall–Kier alpha value is -7.34. The van der Waals surface area contributed by atoms with Crippen molar-refractivity contribution in [2.24, 2.45) is 0 Å². The van der Waals surface area contributed by atoms with Gasteiger partial charge in [0.2, 0.25) is 23.7 Å². The first-order valence-electron chi connectivity index (χ1n) is 17.6. The number of para-hydroxylation sites is 2. The van der Waals surface area contributed by atoms with Gasteiger partial charge >= 0.3 is 0 Å². The molecule has 0 radical (unpaired) electrons. The summed E-state index contributed by atoms with van der Waals surface area (Å²) in [6.45, 7) is 0.724. The SMILES string of the molecule is O=C(CCC(=O)NCc1ccc(-c2cccn3nc(Nc4ccccc4)nc23)cc1)NCc1ccc(-c2cccn3nc(Nc4ccccc4)nc23)cc1. The highest BCUT2D eigenvalue weighted by molar-refractivity contribution is 5.84. The summed E-state index contributed by atoms with van der Waals surface area (Å²) in [6.07, 6.45) is 3.93. The molecule has 0 atom stereocenters. The van der Waals surface area contributed by atoms with Crippen LogP contribution in [0.3, 0.4) is 0 Å². The Balaban J connectivity index is 0.798. The molecule has 0 aliphatic rings. The molecule has 4 N–H and O–H groups in total. The molecule has 0 saturated carbocycles. The summed E-state index contributed by atoms with van der Waals surface area (Å²) < 4.78 is 3.51. The van der Waals surface area contributed by atoms with Crippen LogP contribution in [-0.2, 0) is 22.7 Å². The lowest BCUT2D eigenvalue weighted by Crippen LogP contribution is -2.27. The maximum absolute atomic E-state index is 12.6. The van der Waals surface area contributed by atoms with E-state index in [-0.39, 0.29) is 24.7 Å². The van der Waals surface area contributed by atoms with E-state index in [2.05, 4.69) is 31.5 Å². The van der Waals surface area contributed by atoms with Crippen molar-refractivity contribution in [2.45, 2.75) is 25.9 Å². The summed E-state index contributed by atoms with van der Waals surface area (Å²) >= 11 is 0. The number of aromatic nitrogens is 6. The predicted molar refractivity (Wildman–Crippen MR) is 209 cm³/mol. The third-order valence-electron chi connectivity index (χ3n) is 8.87. The van der Waals surface area contributed by atoms with Gasteiger partial charge in [0.05, 0.1) is 0 Å². The number of rotatable bonds is 13. The number of amides is 2. The zero-order valence-electron chi connectivity index (χ0n) is 29.2. The summed E-state index contributed by atoms with van der Waals surface area (Å²) in [5.74, 6) is 0.659. The minimum atomic E-state index is -0.185.